The van der Waals surface area contributed by atoms with Crippen molar-refractivity contribution in [2.75, 3.05) is 13.7 Å². The van der Waals surface area contributed by atoms with Crippen LogP contribution in [0.4, 0.5) is 0 Å². The number of aromatic nitrogens is 2. The quantitative estimate of drug-likeness (QED) is 0.850. The molecule has 0 fully saturated rings. The fourth-order valence-corrected chi connectivity index (χ4v) is 1.94. The predicted molar refractivity (Wildman–Crippen MR) is 81.3 cm³/mol. The van der Waals surface area contributed by atoms with Crippen LogP contribution >= 0.6 is 0 Å². The molecule has 0 aliphatic rings. The van der Waals surface area contributed by atoms with E-state index < -0.39 is 0 Å². The second-order valence-electron chi connectivity index (χ2n) is 4.56. The Morgan fingerprint density at radius 3 is 2.86 bits per heavy atom. The molecule has 0 saturated carbocycles. The SMILES string of the molecule is COc1ccc(C#CCN)cc1Cn1ncc(C)cc1=O. The van der Waals surface area contributed by atoms with E-state index in [4.69, 9.17) is 10.5 Å². The van der Waals surface area contributed by atoms with Crippen molar-refractivity contribution in [3.05, 3.63) is 57.5 Å². The molecule has 1 aromatic heterocycles. The monoisotopic (exact) mass is 283 g/mol. The first kappa shape index (κ1) is 14.8. The summed E-state index contributed by atoms with van der Waals surface area (Å²) < 4.78 is 6.72. The summed E-state index contributed by atoms with van der Waals surface area (Å²) in [6.45, 7) is 2.48. The number of nitrogens with zero attached hydrogens (tertiary/aromatic N) is 2. The van der Waals surface area contributed by atoms with E-state index in [2.05, 4.69) is 16.9 Å². The highest BCUT2D eigenvalue weighted by Gasteiger charge is 2.07. The van der Waals surface area contributed by atoms with Gasteiger partial charge in [0.1, 0.15) is 5.75 Å². The molecule has 108 valence electrons. The van der Waals surface area contributed by atoms with Crippen LogP contribution in [-0.4, -0.2) is 23.4 Å². The molecule has 0 bridgehead atoms. The highest BCUT2D eigenvalue weighted by atomic mass is 16.5. The number of hydrogen-bond donors (Lipinski definition) is 1. The molecule has 2 rings (SSSR count). The summed E-state index contributed by atoms with van der Waals surface area (Å²) in [4.78, 5) is 11.9. The van der Waals surface area contributed by atoms with Crippen molar-refractivity contribution in [3.63, 3.8) is 0 Å². The third kappa shape index (κ3) is 3.71. The van der Waals surface area contributed by atoms with E-state index in [1.807, 2.05) is 25.1 Å². The first-order valence-electron chi connectivity index (χ1n) is 6.53. The molecule has 0 unspecified atom stereocenters. The van der Waals surface area contributed by atoms with Crippen LogP contribution in [0.2, 0.25) is 0 Å². The van der Waals surface area contributed by atoms with Gasteiger partial charge in [-0.15, -0.1) is 0 Å². The van der Waals surface area contributed by atoms with Crippen molar-refractivity contribution in [1.82, 2.24) is 9.78 Å². The zero-order valence-electron chi connectivity index (χ0n) is 12.1. The number of nitrogens with two attached hydrogens (primary N) is 1. The van der Waals surface area contributed by atoms with Crippen molar-refractivity contribution in [3.8, 4) is 17.6 Å². The molecule has 0 saturated heterocycles. The second kappa shape index (κ2) is 6.73. The lowest BCUT2D eigenvalue weighted by atomic mass is 10.1. The molecule has 5 nitrogen and oxygen atoms in total. The number of hydrogen-bond acceptors (Lipinski definition) is 4. The zero-order chi connectivity index (χ0) is 15.2. The predicted octanol–water partition coefficient (Wildman–Crippen LogP) is 0.919. The highest BCUT2D eigenvalue weighted by molar-refractivity contribution is 5.44. The van der Waals surface area contributed by atoms with Crippen LogP contribution in [0.3, 0.4) is 0 Å². The van der Waals surface area contributed by atoms with Crippen molar-refractivity contribution in [1.29, 1.82) is 0 Å². The Hall–Kier alpha value is -2.58. The molecule has 0 radical (unpaired) electrons. The Labute approximate surface area is 123 Å². The Balaban J connectivity index is 2.39. The number of aryl methyl sites for hydroxylation is 1. The van der Waals surface area contributed by atoms with Gasteiger partial charge < -0.3 is 10.5 Å². The van der Waals surface area contributed by atoms with Gasteiger partial charge in [-0.1, -0.05) is 11.8 Å². The lowest BCUT2D eigenvalue weighted by molar-refractivity contribution is 0.406. The van der Waals surface area contributed by atoms with Crippen LogP contribution in [0, 0.1) is 18.8 Å². The standard InChI is InChI=1S/C16H17N3O2/c1-12-8-16(20)19(18-10-12)11-14-9-13(4-3-7-17)5-6-15(14)21-2/h5-6,8-10H,7,11,17H2,1-2H3. The molecule has 0 aliphatic heterocycles. The maximum atomic E-state index is 11.9. The first-order valence-corrected chi connectivity index (χ1v) is 6.53. The van der Waals surface area contributed by atoms with Crippen molar-refractivity contribution in [2.24, 2.45) is 5.73 Å². The van der Waals surface area contributed by atoms with Gasteiger partial charge in [0.05, 0.1) is 26.4 Å². The second-order valence-corrected chi connectivity index (χ2v) is 4.56. The number of methoxy groups -OCH3 is 1. The van der Waals surface area contributed by atoms with Gasteiger partial charge >= 0.3 is 0 Å². The Bertz CT molecular complexity index is 754. The molecule has 2 aromatic rings. The summed E-state index contributed by atoms with van der Waals surface area (Å²) in [6, 6.07) is 7.12. The van der Waals surface area contributed by atoms with Crippen LogP contribution in [0.5, 0.6) is 5.75 Å². The van der Waals surface area contributed by atoms with Gasteiger partial charge in [-0.25, -0.2) is 4.68 Å². The van der Waals surface area contributed by atoms with E-state index >= 15 is 0 Å². The molecule has 0 atom stereocenters. The van der Waals surface area contributed by atoms with E-state index in [0.717, 1.165) is 16.7 Å². The summed E-state index contributed by atoms with van der Waals surface area (Å²) in [5.74, 6) is 6.47. The van der Waals surface area contributed by atoms with E-state index in [1.54, 1.807) is 19.4 Å². The zero-order valence-corrected chi connectivity index (χ0v) is 12.1. The van der Waals surface area contributed by atoms with Gasteiger partial charge in [0, 0.05) is 17.2 Å². The summed E-state index contributed by atoms with van der Waals surface area (Å²) in [6.07, 6.45) is 1.66. The van der Waals surface area contributed by atoms with Gasteiger partial charge in [-0.3, -0.25) is 4.79 Å². The molecule has 0 amide bonds. The van der Waals surface area contributed by atoms with Gasteiger partial charge in [-0.2, -0.15) is 5.10 Å². The molecule has 2 N–H and O–H groups in total. The summed E-state index contributed by atoms with van der Waals surface area (Å²) >= 11 is 0. The number of ether oxygens (including phenoxy) is 1. The summed E-state index contributed by atoms with van der Waals surface area (Å²) in [7, 11) is 1.59. The van der Waals surface area contributed by atoms with Crippen LogP contribution in [0.1, 0.15) is 16.7 Å². The topological polar surface area (TPSA) is 70.1 Å². The van der Waals surface area contributed by atoms with Crippen LogP contribution in [0.25, 0.3) is 0 Å². The molecule has 1 aromatic carbocycles. The normalized spacial score (nSPS) is 9.86. The smallest absolute Gasteiger partial charge is 0.267 e. The molecule has 0 aliphatic carbocycles. The lowest BCUT2D eigenvalue weighted by Crippen LogP contribution is -2.23. The van der Waals surface area contributed by atoms with Gasteiger partial charge in [0.25, 0.3) is 5.56 Å². The largest absolute Gasteiger partial charge is 0.496 e. The molecular weight excluding hydrogens is 266 g/mol. The Morgan fingerprint density at radius 1 is 1.38 bits per heavy atom. The molecule has 21 heavy (non-hydrogen) atoms. The number of benzene rings is 1. The summed E-state index contributed by atoms with van der Waals surface area (Å²) in [5.41, 5.74) is 7.75. The highest BCUT2D eigenvalue weighted by Crippen LogP contribution is 2.20. The first-order chi connectivity index (χ1) is 10.1. The maximum Gasteiger partial charge on any atom is 0.267 e. The minimum atomic E-state index is -0.143. The minimum Gasteiger partial charge on any atom is -0.496 e. The maximum absolute atomic E-state index is 11.9. The van der Waals surface area contributed by atoms with Gasteiger partial charge in [0.15, 0.2) is 0 Å². The average molecular weight is 283 g/mol. The van der Waals surface area contributed by atoms with Crippen molar-refractivity contribution >= 4 is 0 Å². The molecular formula is C16H17N3O2. The van der Waals surface area contributed by atoms with E-state index in [-0.39, 0.29) is 5.56 Å². The van der Waals surface area contributed by atoms with Gasteiger partial charge in [0.2, 0.25) is 0 Å². The number of rotatable bonds is 3. The Morgan fingerprint density at radius 2 is 2.19 bits per heavy atom. The molecule has 0 spiro atoms. The fraction of sp³-hybridized carbons (Fsp3) is 0.250. The lowest BCUT2D eigenvalue weighted by Gasteiger charge is -2.10. The van der Waals surface area contributed by atoms with E-state index in [1.165, 1.54) is 4.68 Å². The van der Waals surface area contributed by atoms with E-state index in [9.17, 15) is 4.79 Å². The van der Waals surface area contributed by atoms with E-state index in [0.29, 0.717) is 18.8 Å². The fourth-order valence-electron chi connectivity index (χ4n) is 1.94. The van der Waals surface area contributed by atoms with Crippen LogP contribution in [-0.2, 0) is 6.54 Å². The average Bonchev–Trinajstić information content (AvgIpc) is 2.48. The molecule has 1 heterocycles. The van der Waals surface area contributed by atoms with Crippen molar-refractivity contribution < 1.29 is 4.74 Å². The van der Waals surface area contributed by atoms with Gasteiger partial charge in [-0.05, 0) is 30.7 Å². The molecule has 5 heteroatoms. The third-order valence-corrected chi connectivity index (χ3v) is 2.94. The Kier molecular flexibility index (Phi) is 4.75. The third-order valence-electron chi connectivity index (χ3n) is 2.94. The van der Waals surface area contributed by atoms with Crippen molar-refractivity contribution in [2.45, 2.75) is 13.5 Å². The van der Waals surface area contributed by atoms with Crippen LogP contribution < -0.4 is 16.0 Å². The van der Waals surface area contributed by atoms with Crippen LogP contribution in [0.15, 0.2) is 35.3 Å². The minimum absolute atomic E-state index is 0.143. The summed E-state index contributed by atoms with van der Waals surface area (Å²) in [5, 5.41) is 4.13.